The van der Waals surface area contributed by atoms with E-state index in [4.69, 9.17) is 4.74 Å². The predicted molar refractivity (Wildman–Crippen MR) is 132 cm³/mol. The van der Waals surface area contributed by atoms with Gasteiger partial charge in [-0.15, -0.1) is 0 Å². The number of aliphatic imine (C=N–C) groups is 1. The number of rotatable bonds is 4. The molecule has 1 atom stereocenters. The maximum atomic E-state index is 13.9. The molecule has 206 valence electrons. The number of fused-ring (bicyclic) bond motifs is 1. The van der Waals surface area contributed by atoms with E-state index < -0.39 is 47.5 Å². The van der Waals surface area contributed by atoms with Crippen molar-refractivity contribution in [3.8, 4) is 0 Å². The molecule has 0 aliphatic carbocycles. The molecule has 2 aromatic carbocycles. The highest BCUT2D eigenvalue weighted by molar-refractivity contribution is 8.18. The molecule has 1 amide bonds. The van der Waals surface area contributed by atoms with Crippen molar-refractivity contribution >= 4 is 39.3 Å². The van der Waals surface area contributed by atoms with Gasteiger partial charge in [0.05, 0.1) is 47.1 Å². The van der Waals surface area contributed by atoms with Crippen molar-refractivity contribution in [2.24, 2.45) is 4.99 Å². The standard InChI is InChI=1S/C25H20F6N4O3S/c26-24(27,28)16-3-1-14(19(9-16)25(29,30)31)8-18(13-2-4-20-15(7-13)10-32-34-20)21-22(37)33-23(39-21)35-5-6-38-17(11-35)12-36/h1-4,7,9-10,17,36H,5-6,8,11-12H2,(H,32,34)/t17-/m0/s1. The monoisotopic (exact) mass is 570 g/mol. The van der Waals surface area contributed by atoms with Gasteiger partial charge in [-0.2, -0.15) is 36.4 Å². The van der Waals surface area contributed by atoms with E-state index in [0.29, 0.717) is 34.2 Å². The number of alkyl halides is 6. The predicted octanol–water partition coefficient (Wildman–Crippen LogP) is 4.88. The third kappa shape index (κ3) is 5.68. The topological polar surface area (TPSA) is 90.8 Å². The van der Waals surface area contributed by atoms with Crippen LogP contribution in [0.4, 0.5) is 26.3 Å². The number of nitrogens with one attached hydrogen (secondary N) is 1. The summed E-state index contributed by atoms with van der Waals surface area (Å²) in [5.41, 5.74) is -2.03. The van der Waals surface area contributed by atoms with E-state index >= 15 is 0 Å². The van der Waals surface area contributed by atoms with Crippen molar-refractivity contribution in [3.05, 3.63) is 69.8 Å². The number of carbonyl (C=O) groups excluding carboxylic acids is 1. The fraction of sp³-hybridized carbons (Fsp3) is 0.320. The molecule has 3 aromatic rings. The molecule has 2 aliphatic heterocycles. The van der Waals surface area contributed by atoms with Crippen LogP contribution in [0.2, 0.25) is 0 Å². The van der Waals surface area contributed by atoms with Crippen molar-refractivity contribution in [3.63, 3.8) is 0 Å². The first-order valence-electron chi connectivity index (χ1n) is 11.7. The van der Waals surface area contributed by atoms with Gasteiger partial charge in [0, 0.05) is 18.5 Å². The summed E-state index contributed by atoms with van der Waals surface area (Å²) >= 11 is 0.972. The van der Waals surface area contributed by atoms with Gasteiger partial charge in [0.2, 0.25) is 0 Å². The summed E-state index contributed by atoms with van der Waals surface area (Å²) in [6.45, 7) is 0.685. The van der Waals surface area contributed by atoms with Crippen molar-refractivity contribution in [1.29, 1.82) is 0 Å². The molecule has 2 aliphatic rings. The molecule has 2 N–H and O–H groups in total. The first-order valence-corrected chi connectivity index (χ1v) is 12.5. The quantitative estimate of drug-likeness (QED) is 0.344. The average Bonchev–Trinajstić information content (AvgIpc) is 3.52. The summed E-state index contributed by atoms with van der Waals surface area (Å²) in [6, 6.07) is 6.37. The van der Waals surface area contributed by atoms with Gasteiger partial charge < -0.3 is 14.7 Å². The van der Waals surface area contributed by atoms with E-state index in [0.717, 1.165) is 17.8 Å². The lowest BCUT2D eigenvalue weighted by Crippen LogP contribution is -2.45. The molecule has 1 fully saturated rings. The van der Waals surface area contributed by atoms with Crippen LogP contribution in [-0.2, 0) is 28.3 Å². The number of morpholine rings is 1. The fourth-order valence-electron chi connectivity index (χ4n) is 4.43. The number of thioether (sulfide) groups is 1. The molecular formula is C25H20F6N4O3S. The number of benzene rings is 2. The van der Waals surface area contributed by atoms with Crippen LogP contribution in [0.3, 0.4) is 0 Å². The highest BCUT2D eigenvalue weighted by atomic mass is 32.2. The Labute approximate surface area is 221 Å². The van der Waals surface area contributed by atoms with Gasteiger partial charge in [0.1, 0.15) is 0 Å². The van der Waals surface area contributed by atoms with Gasteiger partial charge in [-0.05, 0) is 59.1 Å². The number of carbonyl (C=O) groups is 1. The number of amides is 1. The number of ether oxygens (including phenoxy) is 1. The van der Waals surface area contributed by atoms with E-state index in [9.17, 15) is 36.2 Å². The Morgan fingerprint density at radius 1 is 1.13 bits per heavy atom. The maximum Gasteiger partial charge on any atom is 0.416 e. The minimum Gasteiger partial charge on any atom is -0.394 e. The van der Waals surface area contributed by atoms with Gasteiger partial charge in [-0.25, -0.2) is 0 Å². The number of H-pyrrole nitrogens is 1. The van der Waals surface area contributed by atoms with Crippen LogP contribution in [0.5, 0.6) is 0 Å². The lowest BCUT2D eigenvalue weighted by molar-refractivity contribution is -0.143. The average molecular weight is 571 g/mol. The van der Waals surface area contributed by atoms with Gasteiger partial charge in [0.25, 0.3) is 5.91 Å². The van der Waals surface area contributed by atoms with E-state index in [1.54, 1.807) is 23.1 Å². The van der Waals surface area contributed by atoms with E-state index in [1.165, 1.54) is 6.20 Å². The number of nitrogens with zero attached hydrogens (tertiary/aromatic N) is 3. The van der Waals surface area contributed by atoms with Crippen LogP contribution < -0.4 is 0 Å². The summed E-state index contributed by atoms with van der Waals surface area (Å²) in [4.78, 5) is 19.0. The number of amidine groups is 1. The van der Waals surface area contributed by atoms with Crippen LogP contribution in [-0.4, -0.2) is 63.7 Å². The first-order chi connectivity index (χ1) is 18.4. The minimum atomic E-state index is -5.07. The number of halogens is 6. The Hall–Kier alpha value is -3.36. The Morgan fingerprint density at radius 3 is 2.64 bits per heavy atom. The number of aliphatic hydroxyl groups excluding tert-OH is 1. The Morgan fingerprint density at radius 2 is 1.92 bits per heavy atom. The Bertz CT molecular complexity index is 1480. The summed E-state index contributed by atoms with van der Waals surface area (Å²) in [7, 11) is 0. The molecule has 5 rings (SSSR count). The van der Waals surface area contributed by atoms with Gasteiger partial charge in [-0.3, -0.25) is 9.89 Å². The second-order valence-electron chi connectivity index (χ2n) is 8.95. The number of aromatic amines is 1. The third-order valence-corrected chi connectivity index (χ3v) is 7.53. The molecule has 0 bridgehead atoms. The van der Waals surface area contributed by atoms with Gasteiger partial charge >= 0.3 is 12.4 Å². The van der Waals surface area contributed by atoms with Crippen LogP contribution in [0.25, 0.3) is 16.5 Å². The summed E-state index contributed by atoms with van der Waals surface area (Å²) in [5, 5.41) is 17.1. The zero-order valence-electron chi connectivity index (χ0n) is 19.9. The molecule has 1 saturated heterocycles. The number of allylic oxidation sites excluding steroid dienone is 1. The molecule has 1 aromatic heterocycles. The lowest BCUT2D eigenvalue weighted by Gasteiger charge is -2.32. The third-order valence-electron chi connectivity index (χ3n) is 6.37. The van der Waals surface area contributed by atoms with Gasteiger partial charge in [-0.1, -0.05) is 12.1 Å². The van der Waals surface area contributed by atoms with Crippen LogP contribution >= 0.6 is 11.8 Å². The first kappa shape index (κ1) is 27.2. The fourth-order valence-corrected chi connectivity index (χ4v) is 5.48. The SMILES string of the molecule is O=C1N=C(N2CCO[C@H](CO)C2)SC1=C(Cc1ccc(C(F)(F)F)cc1C(F)(F)F)c1ccc2[nH]ncc2c1. The van der Waals surface area contributed by atoms with Crippen LogP contribution in [0.1, 0.15) is 22.3 Å². The van der Waals surface area contributed by atoms with Crippen molar-refractivity contribution < 1.29 is 41.0 Å². The summed E-state index contributed by atoms with van der Waals surface area (Å²) in [6.07, 6.45) is -9.49. The molecule has 3 heterocycles. The number of hydrogen-bond donors (Lipinski definition) is 2. The largest absolute Gasteiger partial charge is 0.416 e. The highest BCUT2D eigenvalue weighted by Crippen LogP contribution is 2.42. The smallest absolute Gasteiger partial charge is 0.394 e. The molecule has 0 saturated carbocycles. The molecule has 7 nitrogen and oxygen atoms in total. The zero-order valence-corrected chi connectivity index (χ0v) is 20.8. The van der Waals surface area contributed by atoms with Gasteiger partial charge in [0.15, 0.2) is 5.17 Å². The highest BCUT2D eigenvalue weighted by Gasteiger charge is 2.39. The zero-order chi connectivity index (χ0) is 27.9. The second kappa shape index (κ2) is 10.3. The molecular weight excluding hydrogens is 550 g/mol. The molecule has 0 unspecified atom stereocenters. The lowest BCUT2D eigenvalue weighted by atomic mass is 9.92. The van der Waals surface area contributed by atoms with Crippen molar-refractivity contribution in [2.75, 3.05) is 26.3 Å². The molecule has 14 heteroatoms. The number of aromatic nitrogens is 2. The summed E-state index contributed by atoms with van der Waals surface area (Å²) < 4.78 is 86.9. The normalized spacial score (nSPS) is 20.1. The Kier molecular flexibility index (Phi) is 7.20. The minimum absolute atomic E-state index is 0.0629. The number of hydrogen-bond acceptors (Lipinski definition) is 6. The number of aliphatic hydroxyl groups is 1. The van der Waals surface area contributed by atoms with E-state index in [1.807, 2.05) is 0 Å². The molecule has 0 radical (unpaired) electrons. The molecule has 39 heavy (non-hydrogen) atoms. The Balaban J connectivity index is 1.59. The van der Waals surface area contributed by atoms with E-state index in [-0.39, 0.29) is 36.3 Å². The summed E-state index contributed by atoms with van der Waals surface area (Å²) in [5.74, 6) is -0.676. The maximum absolute atomic E-state index is 13.9. The van der Waals surface area contributed by atoms with Crippen molar-refractivity contribution in [1.82, 2.24) is 15.1 Å². The molecule has 0 spiro atoms. The second-order valence-corrected chi connectivity index (χ2v) is 9.92. The van der Waals surface area contributed by atoms with Crippen LogP contribution in [0, 0.1) is 0 Å². The van der Waals surface area contributed by atoms with E-state index in [2.05, 4.69) is 15.2 Å². The van der Waals surface area contributed by atoms with Crippen molar-refractivity contribution in [2.45, 2.75) is 24.9 Å². The van der Waals surface area contributed by atoms with Crippen LogP contribution in [0.15, 0.2) is 52.5 Å².